The highest BCUT2D eigenvalue weighted by Crippen LogP contribution is 2.51. The van der Waals surface area contributed by atoms with E-state index in [4.69, 9.17) is 21.4 Å². The summed E-state index contributed by atoms with van der Waals surface area (Å²) < 4.78 is 6.59. The number of ether oxygens (including phenoxy) is 1. The van der Waals surface area contributed by atoms with E-state index in [2.05, 4.69) is 42.3 Å². The molecule has 1 fully saturated rings. The van der Waals surface area contributed by atoms with Crippen molar-refractivity contribution in [2.75, 3.05) is 0 Å². The van der Waals surface area contributed by atoms with Crippen molar-refractivity contribution in [2.45, 2.75) is 57.2 Å². The van der Waals surface area contributed by atoms with Gasteiger partial charge in [-0.2, -0.15) is 5.10 Å². The van der Waals surface area contributed by atoms with Gasteiger partial charge in [0.25, 0.3) is 0 Å². The highest BCUT2D eigenvalue weighted by atomic mass is 35.5. The average Bonchev–Trinajstić information content (AvgIpc) is 3.11. The molecule has 1 atom stereocenters. The van der Waals surface area contributed by atoms with Gasteiger partial charge in [0.2, 0.25) is 0 Å². The Morgan fingerprint density at radius 3 is 2.62 bits per heavy atom. The van der Waals surface area contributed by atoms with Crippen molar-refractivity contribution in [1.29, 1.82) is 0 Å². The lowest BCUT2D eigenvalue weighted by atomic mass is 9.86. The van der Waals surface area contributed by atoms with Crippen molar-refractivity contribution in [1.82, 2.24) is 5.01 Å². The van der Waals surface area contributed by atoms with Gasteiger partial charge in [-0.3, -0.25) is 0 Å². The minimum Gasteiger partial charge on any atom is -0.466 e. The molecule has 0 bridgehead atoms. The second-order valence-corrected chi connectivity index (χ2v) is 8.20. The van der Waals surface area contributed by atoms with Crippen molar-refractivity contribution in [3.05, 3.63) is 64.2 Å². The van der Waals surface area contributed by atoms with Gasteiger partial charge in [0.15, 0.2) is 5.72 Å². The highest BCUT2D eigenvalue weighted by molar-refractivity contribution is 6.30. The lowest BCUT2D eigenvalue weighted by molar-refractivity contribution is -0.140. The summed E-state index contributed by atoms with van der Waals surface area (Å²) in [4.78, 5) is 0. The Labute approximate surface area is 159 Å². The van der Waals surface area contributed by atoms with Gasteiger partial charge in [-0.25, -0.2) is 5.01 Å². The second kappa shape index (κ2) is 6.02. The van der Waals surface area contributed by atoms with Crippen LogP contribution in [0.3, 0.4) is 0 Å². The van der Waals surface area contributed by atoms with E-state index in [1.807, 2.05) is 12.1 Å². The van der Waals surface area contributed by atoms with E-state index in [-0.39, 0.29) is 11.8 Å². The lowest BCUT2D eigenvalue weighted by Crippen LogP contribution is -2.54. The second-order valence-electron chi connectivity index (χ2n) is 7.77. The summed E-state index contributed by atoms with van der Waals surface area (Å²) in [6.07, 6.45) is 6.66. The molecule has 2 heterocycles. The molecule has 0 radical (unpaired) electrons. The standard InChI is InChI=1S/C22H23ClN2O/c1-15-5-7-16(8-6-15)19-14-20-18-13-17(23)9-10-21(18)26-22(25(20)24-19)11-3-2-4-12-22/h5-10,13,20H,2-4,11-12,14H2,1H3/t20-/m0/s1. The number of benzene rings is 2. The molecule has 0 unspecified atom stereocenters. The molecule has 1 aliphatic carbocycles. The van der Waals surface area contributed by atoms with Gasteiger partial charge in [0.05, 0.1) is 11.8 Å². The van der Waals surface area contributed by atoms with Crippen LogP contribution in [0.1, 0.15) is 61.3 Å². The van der Waals surface area contributed by atoms with Crippen molar-refractivity contribution >= 4 is 17.3 Å². The Morgan fingerprint density at radius 2 is 1.85 bits per heavy atom. The largest absolute Gasteiger partial charge is 0.466 e. The molecule has 26 heavy (non-hydrogen) atoms. The van der Waals surface area contributed by atoms with E-state index in [0.29, 0.717) is 0 Å². The fraction of sp³-hybridized carbons (Fsp3) is 0.409. The zero-order valence-electron chi connectivity index (χ0n) is 15.0. The SMILES string of the molecule is Cc1ccc(C2=NN3[C@@H](C2)c2cc(Cl)ccc2OC32CCCCC2)cc1. The summed E-state index contributed by atoms with van der Waals surface area (Å²) >= 11 is 6.30. The van der Waals surface area contributed by atoms with E-state index in [1.54, 1.807) is 0 Å². The molecule has 3 aliphatic rings. The Hall–Kier alpha value is -2.00. The summed E-state index contributed by atoms with van der Waals surface area (Å²) in [6.45, 7) is 2.12. The van der Waals surface area contributed by atoms with Crippen LogP contribution in [-0.4, -0.2) is 16.4 Å². The van der Waals surface area contributed by atoms with Crippen molar-refractivity contribution in [2.24, 2.45) is 5.10 Å². The van der Waals surface area contributed by atoms with Crippen LogP contribution < -0.4 is 4.74 Å². The Balaban J connectivity index is 1.60. The molecule has 2 aliphatic heterocycles. The smallest absolute Gasteiger partial charge is 0.198 e. The number of hydrogen-bond donors (Lipinski definition) is 0. The molecule has 3 nitrogen and oxygen atoms in total. The van der Waals surface area contributed by atoms with Gasteiger partial charge in [0.1, 0.15) is 5.75 Å². The van der Waals surface area contributed by atoms with E-state index < -0.39 is 0 Å². The molecular formula is C22H23ClN2O. The maximum atomic E-state index is 6.59. The van der Waals surface area contributed by atoms with E-state index >= 15 is 0 Å². The van der Waals surface area contributed by atoms with Gasteiger partial charge in [0, 0.05) is 29.8 Å². The minimum absolute atomic E-state index is 0.215. The zero-order valence-corrected chi connectivity index (χ0v) is 15.8. The van der Waals surface area contributed by atoms with Crippen molar-refractivity contribution in [3.8, 4) is 5.75 Å². The third-order valence-corrected chi connectivity index (χ3v) is 6.21. The number of rotatable bonds is 1. The number of hydrazone groups is 1. The first-order chi connectivity index (χ1) is 12.6. The number of aryl methyl sites for hydroxylation is 1. The molecule has 2 aromatic carbocycles. The van der Waals surface area contributed by atoms with Crippen LogP contribution in [0.25, 0.3) is 0 Å². The van der Waals surface area contributed by atoms with Crippen LogP contribution in [-0.2, 0) is 0 Å². The Morgan fingerprint density at radius 1 is 1.08 bits per heavy atom. The van der Waals surface area contributed by atoms with Gasteiger partial charge >= 0.3 is 0 Å². The molecule has 4 heteroatoms. The van der Waals surface area contributed by atoms with Crippen LogP contribution in [0.15, 0.2) is 47.6 Å². The van der Waals surface area contributed by atoms with E-state index in [0.717, 1.165) is 35.7 Å². The molecule has 1 saturated carbocycles. The number of halogens is 1. The summed E-state index contributed by atoms with van der Waals surface area (Å²) in [7, 11) is 0. The van der Waals surface area contributed by atoms with Crippen LogP contribution in [0.4, 0.5) is 0 Å². The van der Waals surface area contributed by atoms with Crippen molar-refractivity contribution in [3.63, 3.8) is 0 Å². The lowest BCUT2D eigenvalue weighted by Gasteiger charge is -2.49. The predicted molar refractivity (Wildman–Crippen MR) is 105 cm³/mol. The number of fused-ring (bicyclic) bond motifs is 4. The Bertz CT molecular complexity index is 868. The zero-order chi connectivity index (χ0) is 17.7. The average molecular weight is 367 g/mol. The molecule has 2 aromatic rings. The molecule has 134 valence electrons. The normalized spacial score (nSPS) is 23.2. The number of nitrogens with zero attached hydrogens (tertiary/aromatic N) is 2. The van der Waals surface area contributed by atoms with Gasteiger partial charge in [-0.05, 0) is 43.5 Å². The molecule has 0 N–H and O–H groups in total. The fourth-order valence-electron chi connectivity index (χ4n) is 4.61. The summed E-state index contributed by atoms with van der Waals surface area (Å²) in [6, 6.07) is 14.9. The molecular weight excluding hydrogens is 344 g/mol. The van der Waals surface area contributed by atoms with E-state index in [1.165, 1.54) is 36.0 Å². The minimum atomic E-state index is -0.295. The van der Waals surface area contributed by atoms with Crippen LogP contribution in [0.5, 0.6) is 5.75 Å². The quantitative estimate of drug-likeness (QED) is 0.632. The first-order valence-corrected chi connectivity index (χ1v) is 9.95. The molecule has 0 aromatic heterocycles. The molecule has 1 spiro atoms. The van der Waals surface area contributed by atoms with Crippen LogP contribution in [0.2, 0.25) is 5.02 Å². The monoisotopic (exact) mass is 366 g/mol. The summed E-state index contributed by atoms with van der Waals surface area (Å²) in [5.74, 6) is 0.984. The summed E-state index contributed by atoms with van der Waals surface area (Å²) in [5.41, 5.74) is 4.50. The maximum absolute atomic E-state index is 6.59. The van der Waals surface area contributed by atoms with Crippen LogP contribution >= 0.6 is 11.6 Å². The predicted octanol–water partition coefficient (Wildman–Crippen LogP) is 5.85. The third kappa shape index (κ3) is 2.52. The first-order valence-electron chi connectivity index (χ1n) is 9.57. The highest BCUT2D eigenvalue weighted by Gasteiger charge is 2.50. The third-order valence-electron chi connectivity index (χ3n) is 5.98. The summed E-state index contributed by atoms with van der Waals surface area (Å²) in [5, 5.41) is 8.12. The van der Waals surface area contributed by atoms with Crippen LogP contribution in [0, 0.1) is 6.92 Å². The number of hydrogen-bond acceptors (Lipinski definition) is 3. The van der Waals surface area contributed by atoms with Crippen molar-refractivity contribution < 1.29 is 4.74 Å². The maximum Gasteiger partial charge on any atom is 0.198 e. The van der Waals surface area contributed by atoms with Gasteiger partial charge < -0.3 is 4.74 Å². The van der Waals surface area contributed by atoms with E-state index in [9.17, 15) is 0 Å². The first kappa shape index (κ1) is 16.2. The fourth-order valence-corrected chi connectivity index (χ4v) is 4.79. The molecule has 5 rings (SSSR count). The molecule has 0 amide bonds. The Kier molecular flexibility index (Phi) is 3.75. The topological polar surface area (TPSA) is 24.8 Å². The molecule has 0 saturated heterocycles. The van der Waals surface area contributed by atoms with Gasteiger partial charge in [-0.15, -0.1) is 0 Å². The van der Waals surface area contributed by atoms with Gasteiger partial charge in [-0.1, -0.05) is 47.9 Å².